The molecular formula is C14H17N7S. The van der Waals surface area contributed by atoms with E-state index in [4.69, 9.17) is 0 Å². The third-order valence-electron chi connectivity index (χ3n) is 4.09. The van der Waals surface area contributed by atoms with E-state index >= 15 is 0 Å². The maximum absolute atomic E-state index is 4.46. The lowest BCUT2D eigenvalue weighted by Gasteiger charge is -2.18. The van der Waals surface area contributed by atoms with Crippen LogP contribution in [-0.4, -0.2) is 36.7 Å². The summed E-state index contributed by atoms with van der Waals surface area (Å²) in [5, 5.41) is 16.2. The van der Waals surface area contributed by atoms with Gasteiger partial charge in [0.15, 0.2) is 6.33 Å². The van der Waals surface area contributed by atoms with Gasteiger partial charge in [0, 0.05) is 11.4 Å². The zero-order valence-corrected chi connectivity index (χ0v) is 13.2. The first-order chi connectivity index (χ1) is 10.8. The number of nitrogens with one attached hydrogen (secondary N) is 1. The molecule has 0 aromatic carbocycles. The van der Waals surface area contributed by atoms with E-state index in [1.165, 1.54) is 35.0 Å². The number of tetrazole rings is 1. The van der Waals surface area contributed by atoms with Crippen LogP contribution in [0.5, 0.6) is 0 Å². The number of hydrogen-bond donors (Lipinski definition) is 1. The van der Waals surface area contributed by atoms with Crippen molar-refractivity contribution in [2.75, 3.05) is 11.9 Å². The van der Waals surface area contributed by atoms with Gasteiger partial charge in [0.2, 0.25) is 0 Å². The number of anilines is 1. The van der Waals surface area contributed by atoms with Gasteiger partial charge in [0.05, 0.1) is 11.9 Å². The van der Waals surface area contributed by atoms with Gasteiger partial charge in [-0.3, -0.25) is 0 Å². The zero-order chi connectivity index (χ0) is 14.9. The summed E-state index contributed by atoms with van der Waals surface area (Å²) in [6.45, 7) is 3.70. The second-order valence-corrected chi connectivity index (χ2v) is 6.80. The van der Waals surface area contributed by atoms with E-state index < -0.39 is 0 Å². The Morgan fingerprint density at radius 3 is 3.18 bits per heavy atom. The monoisotopic (exact) mass is 315 g/mol. The SMILES string of the molecule is CC1CCc2c(sc3ncnc(NCCn4ncnn4)c23)C1. The highest BCUT2D eigenvalue weighted by Crippen LogP contribution is 2.39. The molecule has 8 heteroatoms. The number of rotatable bonds is 4. The van der Waals surface area contributed by atoms with Gasteiger partial charge in [-0.25, -0.2) is 9.97 Å². The van der Waals surface area contributed by atoms with Gasteiger partial charge in [-0.1, -0.05) is 6.92 Å². The van der Waals surface area contributed by atoms with Crippen molar-refractivity contribution < 1.29 is 0 Å². The molecule has 1 aliphatic carbocycles. The lowest BCUT2D eigenvalue weighted by molar-refractivity contribution is 0.509. The summed E-state index contributed by atoms with van der Waals surface area (Å²) in [6.07, 6.45) is 6.63. The third-order valence-corrected chi connectivity index (χ3v) is 5.25. The number of thiophene rings is 1. The number of hydrogen-bond acceptors (Lipinski definition) is 7. The second kappa shape index (κ2) is 5.60. The molecule has 7 nitrogen and oxygen atoms in total. The van der Waals surface area contributed by atoms with Crippen LogP contribution >= 0.6 is 11.3 Å². The molecule has 0 spiro atoms. The molecular weight excluding hydrogens is 298 g/mol. The van der Waals surface area contributed by atoms with E-state index in [0.29, 0.717) is 13.1 Å². The van der Waals surface area contributed by atoms with Gasteiger partial charge < -0.3 is 5.32 Å². The summed E-state index contributed by atoms with van der Waals surface area (Å²) in [5.74, 6) is 1.69. The van der Waals surface area contributed by atoms with Crippen LogP contribution in [0.25, 0.3) is 10.2 Å². The number of aryl methyl sites for hydroxylation is 1. The van der Waals surface area contributed by atoms with Gasteiger partial charge in [0.1, 0.15) is 17.0 Å². The van der Waals surface area contributed by atoms with Crippen LogP contribution < -0.4 is 5.32 Å². The largest absolute Gasteiger partial charge is 0.367 e. The minimum atomic E-state index is 0.662. The van der Waals surface area contributed by atoms with E-state index in [1.54, 1.807) is 11.1 Å². The van der Waals surface area contributed by atoms with Crippen molar-refractivity contribution in [1.29, 1.82) is 0 Å². The number of fused-ring (bicyclic) bond motifs is 3. The van der Waals surface area contributed by atoms with Crippen molar-refractivity contribution in [2.45, 2.75) is 32.7 Å². The molecule has 3 aromatic rings. The summed E-state index contributed by atoms with van der Waals surface area (Å²) in [4.78, 5) is 13.0. The smallest absolute Gasteiger partial charge is 0.162 e. The lowest BCUT2D eigenvalue weighted by atomic mass is 9.89. The molecule has 3 heterocycles. The molecule has 0 saturated heterocycles. The van der Waals surface area contributed by atoms with Crippen LogP contribution in [0.1, 0.15) is 23.8 Å². The summed E-state index contributed by atoms with van der Waals surface area (Å²) < 4.78 is 0. The molecule has 4 rings (SSSR count). The van der Waals surface area contributed by atoms with E-state index in [-0.39, 0.29) is 0 Å². The highest BCUT2D eigenvalue weighted by molar-refractivity contribution is 7.19. The highest BCUT2D eigenvalue weighted by atomic mass is 32.1. The summed E-state index contributed by atoms with van der Waals surface area (Å²) in [7, 11) is 0. The molecule has 0 saturated carbocycles. The van der Waals surface area contributed by atoms with E-state index in [9.17, 15) is 0 Å². The van der Waals surface area contributed by atoms with Gasteiger partial charge in [-0.05, 0) is 36.0 Å². The van der Waals surface area contributed by atoms with Crippen molar-refractivity contribution in [3.05, 3.63) is 23.1 Å². The molecule has 0 radical (unpaired) electrons. The number of nitrogens with zero attached hydrogens (tertiary/aromatic N) is 6. The van der Waals surface area contributed by atoms with E-state index in [1.807, 2.05) is 11.3 Å². The fraction of sp³-hybridized carbons (Fsp3) is 0.500. The van der Waals surface area contributed by atoms with E-state index in [2.05, 4.69) is 37.6 Å². The average molecular weight is 315 g/mol. The van der Waals surface area contributed by atoms with Crippen LogP contribution in [0.15, 0.2) is 12.7 Å². The molecule has 0 aliphatic heterocycles. The van der Waals surface area contributed by atoms with Crippen LogP contribution in [0, 0.1) is 5.92 Å². The second-order valence-electron chi connectivity index (χ2n) is 5.71. The minimum absolute atomic E-state index is 0.662. The maximum Gasteiger partial charge on any atom is 0.162 e. The Balaban J connectivity index is 1.60. The first kappa shape index (κ1) is 13.6. The van der Waals surface area contributed by atoms with Crippen molar-refractivity contribution >= 4 is 27.4 Å². The Hall–Kier alpha value is -2.09. The van der Waals surface area contributed by atoms with E-state index in [0.717, 1.165) is 23.0 Å². The molecule has 0 amide bonds. The molecule has 22 heavy (non-hydrogen) atoms. The molecule has 1 unspecified atom stereocenters. The Labute approximate surface area is 131 Å². The Bertz CT molecular complexity index is 780. The minimum Gasteiger partial charge on any atom is -0.367 e. The quantitative estimate of drug-likeness (QED) is 0.792. The predicted molar refractivity (Wildman–Crippen MR) is 84.9 cm³/mol. The van der Waals surface area contributed by atoms with Crippen LogP contribution in [0.2, 0.25) is 0 Å². The zero-order valence-electron chi connectivity index (χ0n) is 12.4. The first-order valence-corrected chi connectivity index (χ1v) is 8.33. The van der Waals surface area contributed by atoms with Gasteiger partial charge >= 0.3 is 0 Å². The first-order valence-electron chi connectivity index (χ1n) is 7.51. The number of aromatic nitrogens is 6. The summed E-state index contributed by atoms with van der Waals surface area (Å²) in [5.41, 5.74) is 1.44. The van der Waals surface area contributed by atoms with Gasteiger partial charge in [-0.15, -0.1) is 21.5 Å². The molecule has 3 aromatic heterocycles. The maximum atomic E-state index is 4.46. The van der Waals surface area contributed by atoms with Crippen molar-refractivity contribution in [3.8, 4) is 0 Å². The van der Waals surface area contributed by atoms with Crippen LogP contribution in [0.4, 0.5) is 5.82 Å². The standard InChI is InChI=1S/C14H17N7S/c1-9-2-3-10-11(6-9)22-14-12(10)13(16-7-17-14)15-4-5-21-19-8-18-20-21/h7-9H,2-6H2,1H3,(H,15,16,17). The van der Waals surface area contributed by atoms with Gasteiger partial charge in [0.25, 0.3) is 0 Å². The third kappa shape index (κ3) is 2.43. The average Bonchev–Trinajstić information content (AvgIpc) is 3.14. The molecule has 1 atom stereocenters. The topological polar surface area (TPSA) is 81.4 Å². The fourth-order valence-electron chi connectivity index (χ4n) is 2.97. The Morgan fingerprint density at radius 1 is 1.36 bits per heavy atom. The van der Waals surface area contributed by atoms with Crippen LogP contribution in [0.3, 0.4) is 0 Å². The normalized spacial score (nSPS) is 17.6. The Morgan fingerprint density at radius 2 is 2.32 bits per heavy atom. The van der Waals surface area contributed by atoms with Gasteiger partial charge in [-0.2, -0.15) is 4.80 Å². The van der Waals surface area contributed by atoms with Crippen molar-refractivity contribution in [2.24, 2.45) is 5.92 Å². The Kier molecular flexibility index (Phi) is 3.45. The molecule has 114 valence electrons. The molecule has 0 fully saturated rings. The molecule has 1 aliphatic rings. The predicted octanol–water partition coefficient (Wildman–Crippen LogP) is 1.91. The molecule has 0 bridgehead atoms. The van der Waals surface area contributed by atoms with Crippen molar-refractivity contribution in [3.63, 3.8) is 0 Å². The fourth-order valence-corrected chi connectivity index (χ4v) is 4.32. The molecule has 1 N–H and O–H groups in total. The van der Waals surface area contributed by atoms with Crippen molar-refractivity contribution in [1.82, 2.24) is 30.2 Å². The lowest BCUT2D eigenvalue weighted by Crippen LogP contribution is -2.14. The summed E-state index contributed by atoms with van der Waals surface area (Å²) >= 11 is 1.82. The summed E-state index contributed by atoms with van der Waals surface area (Å²) in [6, 6.07) is 0. The van der Waals surface area contributed by atoms with Crippen LogP contribution in [-0.2, 0) is 19.4 Å². The highest BCUT2D eigenvalue weighted by Gasteiger charge is 2.22.